The van der Waals surface area contributed by atoms with Crippen LogP contribution in [0.25, 0.3) is 5.69 Å². The smallest absolute Gasteiger partial charge is 0.250 e. The van der Waals surface area contributed by atoms with Gasteiger partial charge in [-0.3, -0.25) is 4.79 Å². The number of rotatable bonds is 6. The summed E-state index contributed by atoms with van der Waals surface area (Å²) in [6.07, 6.45) is 1.70. The minimum Gasteiger partial charge on any atom is -0.316 e. The number of hydrogen-bond donors (Lipinski definition) is 1. The zero-order valence-corrected chi connectivity index (χ0v) is 18.5. The Labute approximate surface area is 178 Å². The fraction of sp³-hybridized carbons (Fsp3) is 0.182. The standard InChI is InChI=1S/C22H22BrN3OS/c1-15-9-7-8-12-20(15)26-16(2)19(22(23)17(26)3)13-24-25-21(27)14-28-18-10-5-4-6-11-18/h4-13H,14H2,1-3H3,(H,25,27)/b24-13-. The molecule has 0 aliphatic heterocycles. The number of nitrogens with zero attached hydrogens (tertiary/aromatic N) is 2. The Hall–Kier alpha value is -2.31. The number of carbonyl (C=O) groups is 1. The molecule has 2 aromatic carbocycles. The van der Waals surface area contributed by atoms with Crippen molar-refractivity contribution in [1.29, 1.82) is 0 Å². The van der Waals surface area contributed by atoms with Crippen LogP contribution in [0.3, 0.4) is 0 Å². The summed E-state index contributed by atoms with van der Waals surface area (Å²) in [6, 6.07) is 18.1. The Morgan fingerprint density at radius 1 is 1.07 bits per heavy atom. The molecule has 0 saturated carbocycles. The van der Waals surface area contributed by atoms with Crippen LogP contribution in [0, 0.1) is 20.8 Å². The van der Waals surface area contributed by atoms with Gasteiger partial charge in [0.1, 0.15) is 0 Å². The highest BCUT2D eigenvalue weighted by molar-refractivity contribution is 9.10. The van der Waals surface area contributed by atoms with E-state index in [4.69, 9.17) is 0 Å². The number of nitrogens with one attached hydrogen (secondary N) is 1. The number of hydrazone groups is 1. The average molecular weight is 456 g/mol. The van der Waals surface area contributed by atoms with E-state index in [2.05, 4.69) is 63.9 Å². The van der Waals surface area contributed by atoms with Gasteiger partial charge in [0.25, 0.3) is 0 Å². The third kappa shape index (κ3) is 4.56. The number of thioether (sulfide) groups is 1. The number of aromatic nitrogens is 1. The molecule has 1 heterocycles. The van der Waals surface area contributed by atoms with Crippen LogP contribution in [0.15, 0.2) is 69.1 Å². The normalized spacial score (nSPS) is 11.1. The molecule has 3 rings (SSSR count). The summed E-state index contributed by atoms with van der Waals surface area (Å²) in [4.78, 5) is 13.1. The van der Waals surface area contributed by atoms with Crippen LogP contribution in [0.4, 0.5) is 0 Å². The minimum atomic E-state index is -0.131. The lowest BCUT2D eigenvalue weighted by Crippen LogP contribution is -2.19. The van der Waals surface area contributed by atoms with E-state index in [0.717, 1.165) is 32.0 Å². The third-order valence-electron chi connectivity index (χ3n) is 4.47. The zero-order chi connectivity index (χ0) is 20.1. The maximum absolute atomic E-state index is 12.1. The Kier molecular flexibility index (Phi) is 6.75. The summed E-state index contributed by atoms with van der Waals surface area (Å²) < 4.78 is 3.18. The number of halogens is 1. The van der Waals surface area contributed by atoms with Crippen LogP contribution in [0.5, 0.6) is 0 Å². The molecule has 0 radical (unpaired) electrons. The third-order valence-corrected chi connectivity index (χ3v) is 6.48. The van der Waals surface area contributed by atoms with Crippen molar-refractivity contribution in [3.8, 4) is 5.69 Å². The van der Waals surface area contributed by atoms with E-state index in [9.17, 15) is 4.79 Å². The molecule has 1 N–H and O–H groups in total. The van der Waals surface area contributed by atoms with Crippen molar-refractivity contribution < 1.29 is 4.79 Å². The molecular formula is C22H22BrN3OS. The lowest BCUT2D eigenvalue weighted by molar-refractivity contribution is -0.118. The Bertz CT molecular complexity index is 1010. The topological polar surface area (TPSA) is 46.4 Å². The highest BCUT2D eigenvalue weighted by Crippen LogP contribution is 2.30. The number of hydrogen-bond acceptors (Lipinski definition) is 3. The molecule has 0 bridgehead atoms. The lowest BCUT2D eigenvalue weighted by Gasteiger charge is -2.12. The van der Waals surface area contributed by atoms with E-state index in [-0.39, 0.29) is 5.91 Å². The second-order valence-electron chi connectivity index (χ2n) is 6.42. The van der Waals surface area contributed by atoms with Crippen LogP contribution >= 0.6 is 27.7 Å². The lowest BCUT2D eigenvalue weighted by atomic mass is 10.2. The quantitative estimate of drug-likeness (QED) is 0.306. The highest BCUT2D eigenvalue weighted by Gasteiger charge is 2.16. The van der Waals surface area contributed by atoms with Gasteiger partial charge in [0.05, 0.1) is 12.0 Å². The molecule has 0 aliphatic carbocycles. The number of aryl methyl sites for hydroxylation is 1. The van der Waals surface area contributed by atoms with Crippen molar-refractivity contribution >= 4 is 39.8 Å². The van der Waals surface area contributed by atoms with Gasteiger partial charge in [0.2, 0.25) is 5.91 Å². The molecule has 28 heavy (non-hydrogen) atoms. The molecule has 6 heteroatoms. The fourth-order valence-corrected chi connectivity index (χ4v) is 4.29. The molecule has 0 atom stereocenters. The Morgan fingerprint density at radius 3 is 2.46 bits per heavy atom. The highest BCUT2D eigenvalue weighted by atomic mass is 79.9. The predicted molar refractivity (Wildman–Crippen MR) is 121 cm³/mol. The second-order valence-corrected chi connectivity index (χ2v) is 8.26. The van der Waals surface area contributed by atoms with Gasteiger partial charge in [-0.15, -0.1) is 11.8 Å². The molecule has 0 spiro atoms. The van der Waals surface area contributed by atoms with Crippen molar-refractivity contribution in [2.45, 2.75) is 25.7 Å². The summed E-state index contributed by atoms with van der Waals surface area (Å²) >= 11 is 5.16. The van der Waals surface area contributed by atoms with Gasteiger partial charge in [-0.25, -0.2) is 5.43 Å². The van der Waals surface area contributed by atoms with Gasteiger partial charge in [0, 0.05) is 32.0 Å². The maximum Gasteiger partial charge on any atom is 0.250 e. The molecule has 1 aromatic heterocycles. The van der Waals surface area contributed by atoms with Gasteiger partial charge < -0.3 is 4.57 Å². The number of carbonyl (C=O) groups excluding carboxylic acids is 1. The number of para-hydroxylation sites is 1. The average Bonchev–Trinajstić information content (AvgIpc) is 2.91. The monoisotopic (exact) mass is 455 g/mol. The number of amides is 1. The van der Waals surface area contributed by atoms with Crippen LogP contribution in [0.1, 0.15) is 22.5 Å². The molecular weight excluding hydrogens is 434 g/mol. The van der Waals surface area contributed by atoms with Gasteiger partial charge in [-0.2, -0.15) is 5.10 Å². The molecule has 0 saturated heterocycles. The number of benzene rings is 2. The zero-order valence-electron chi connectivity index (χ0n) is 16.1. The second kappa shape index (κ2) is 9.26. The van der Waals surface area contributed by atoms with E-state index in [0.29, 0.717) is 5.75 Å². The summed E-state index contributed by atoms with van der Waals surface area (Å²) in [6.45, 7) is 6.22. The molecule has 3 aromatic rings. The van der Waals surface area contributed by atoms with E-state index in [1.54, 1.807) is 6.21 Å². The van der Waals surface area contributed by atoms with Crippen LogP contribution in [-0.2, 0) is 4.79 Å². The van der Waals surface area contributed by atoms with Crippen molar-refractivity contribution in [1.82, 2.24) is 9.99 Å². The fourth-order valence-electron chi connectivity index (χ4n) is 3.02. The first-order valence-electron chi connectivity index (χ1n) is 8.92. The van der Waals surface area contributed by atoms with Crippen molar-refractivity contribution in [2.24, 2.45) is 5.10 Å². The van der Waals surface area contributed by atoms with Crippen LogP contribution in [-0.4, -0.2) is 22.4 Å². The summed E-state index contributed by atoms with van der Waals surface area (Å²) in [5, 5.41) is 4.16. The van der Waals surface area contributed by atoms with Crippen molar-refractivity contribution in [2.75, 3.05) is 5.75 Å². The van der Waals surface area contributed by atoms with Gasteiger partial charge >= 0.3 is 0 Å². The van der Waals surface area contributed by atoms with Crippen LogP contribution < -0.4 is 5.43 Å². The molecule has 0 aliphatic rings. The molecule has 4 nitrogen and oxygen atoms in total. The molecule has 0 unspecified atom stereocenters. The van der Waals surface area contributed by atoms with E-state index < -0.39 is 0 Å². The van der Waals surface area contributed by atoms with E-state index in [1.807, 2.05) is 42.5 Å². The summed E-state index contributed by atoms with van der Waals surface area (Å²) in [5.74, 6) is 0.194. The van der Waals surface area contributed by atoms with Crippen LogP contribution in [0.2, 0.25) is 0 Å². The SMILES string of the molecule is Cc1ccccc1-n1c(C)c(Br)c(/C=N\NC(=O)CSc2ccccc2)c1C. The van der Waals surface area contributed by atoms with Gasteiger partial charge in [0.15, 0.2) is 0 Å². The Balaban J connectivity index is 1.71. The minimum absolute atomic E-state index is 0.131. The van der Waals surface area contributed by atoms with Gasteiger partial charge in [-0.1, -0.05) is 36.4 Å². The van der Waals surface area contributed by atoms with Crippen molar-refractivity contribution in [3.05, 3.63) is 81.6 Å². The first kappa shape index (κ1) is 20.4. The van der Waals surface area contributed by atoms with Gasteiger partial charge in [-0.05, 0) is 60.5 Å². The summed E-state index contributed by atoms with van der Waals surface area (Å²) in [5.41, 5.74) is 8.07. The first-order chi connectivity index (χ1) is 13.5. The predicted octanol–water partition coefficient (Wildman–Crippen LogP) is 5.41. The van der Waals surface area contributed by atoms with E-state index >= 15 is 0 Å². The summed E-state index contributed by atoms with van der Waals surface area (Å²) in [7, 11) is 0. The molecule has 0 fully saturated rings. The Morgan fingerprint density at radius 2 is 1.75 bits per heavy atom. The first-order valence-corrected chi connectivity index (χ1v) is 10.7. The molecule has 144 valence electrons. The maximum atomic E-state index is 12.1. The van der Waals surface area contributed by atoms with Crippen molar-refractivity contribution in [3.63, 3.8) is 0 Å². The molecule has 1 amide bonds. The largest absolute Gasteiger partial charge is 0.316 e. The van der Waals surface area contributed by atoms with E-state index in [1.165, 1.54) is 17.3 Å².